The Kier molecular flexibility index (Phi) is 3.99. The monoisotopic (exact) mass is 292 g/mol. The van der Waals surface area contributed by atoms with Crippen molar-refractivity contribution in [3.05, 3.63) is 12.2 Å². The molecule has 0 saturated heterocycles. The predicted octanol–water partition coefficient (Wildman–Crippen LogP) is 3.92. The van der Waals surface area contributed by atoms with Crippen LogP contribution < -0.4 is 0 Å². The third-order valence-corrected chi connectivity index (χ3v) is 6.93. The van der Waals surface area contributed by atoms with Crippen molar-refractivity contribution in [1.82, 2.24) is 0 Å². The molecular formula is C19H32O2. The molecule has 0 aromatic carbocycles. The van der Waals surface area contributed by atoms with Crippen LogP contribution in [0.5, 0.6) is 0 Å². The molecule has 0 radical (unpaired) electrons. The molecule has 0 heterocycles. The van der Waals surface area contributed by atoms with Gasteiger partial charge in [-0.15, -0.1) is 0 Å². The topological polar surface area (TPSA) is 40.5 Å². The first-order chi connectivity index (χ1) is 9.82. The van der Waals surface area contributed by atoms with E-state index in [1.807, 2.05) is 13.0 Å². The van der Waals surface area contributed by atoms with Crippen LogP contribution >= 0.6 is 0 Å². The van der Waals surface area contributed by atoms with Gasteiger partial charge in [-0.25, -0.2) is 0 Å². The first kappa shape index (κ1) is 15.6. The lowest BCUT2D eigenvalue weighted by molar-refractivity contribution is -0.0289. The summed E-state index contributed by atoms with van der Waals surface area (Å²) in [7, 11) is 0. The summed E-state index contributed by atoms with van der Waals surface area (Å²) in [6.45, 7) is 6.76. The van der Waals surface area contributed by atoms with Gasteiger partial charge in [0.15, 0.2) is 0 Å². The van der Waals surface area contributed by atoms with Gasteiger partial charge in [-0.2, -0.15) is 0 Å². The molecule has 0 spiro atoms. The second kappa shape index (κ2) is 5.38. The summed E-state index contributed by atoms with van der Waals surface area (Å²) >= 11 is 0. The highest BCUT2D eigenvalue weighted by atomic mass is 16.3. The van der Waals surface area contributed by atoms with Crippen molar-refractivity contribution in [1.29, 1.82) is 0 Å². The Morgan fingerprint density at radius 2 is 2.00 bits per heavy atom. The third kappa shape index (κ3) is 2.82. The molecular weight excluding hydrogens is 260 g/mol. The van der Waals surface area contributed by atoms with Crippen LogP contribution in [0.15, 0.2) is 12.2 Å². The van der Waals surface area contributed by atoms with Gasteiger partial charge in [-0.3, -0.25) is 0 Å². The fourth-order valence-electron chi connectivity index (χ4n) is 5.94. The number of aliphatic hydroxyl groups is 2. The maximum absolute atomic E-state index is 10.4. The van der Waals surface area contributed by atoms with E-state index in [1.165, 1.54) is 32.1 Å². The summed E-state index contributed by atoms with van der Waals surface area (Å²) in [5.74, 6) is 2.50. The molecule has 2 unspecified atom stereocenters. The molecule has 3 aliphatic carbocycles. The maximum Gasteiger partial charge on any atom is 0.0805 e. The van der Waals surface area contributed by atoms with Gasteiger partial charge in [-0.05, 0) is 74.5 Å². The van der Waals surface area contributed by atoms with Gasteiger partial charge in [0, 0.05) is 0 Å². The van der Waals surface area contributed by atoms with Crippen molar-refractivity contribution >= 4 is 0 Å². The zero-order chi connectivity index (χ0) is 15.3. The zero-order valence-corrected chi connectivity index (χ0v) is 13.9. The quantitative estimate of drug-likeness (QED) is 0.774. The lowest BCUT2D eigenvalue weighted by Gasteiger charge is -2.45. The second-order valence-corrected chi connectivity index (χ2v) is 8.65. The minimum Gasteiger partial charge on any atom is -0.393 e. The van der Waals surface area contributed by atoms with Crippen molar-refractivity contribution in [3.8, 4) is 0 Å². The average Bonchev–Trinajstić information content (AvgIpc) is 2.90. The maximum atomic E-state index is 10.4. The van der Waals surface area contributed by atoms with E-state index in [1.54, 1.807) is 0 Å². The molecule has 0 bridgehead atoms. The van der Waals surface area contributed by atoms with Gasteiger partial charge < -0.3 is 10.2 Å². The number of allylic oxidation sites excluding steroid dienone is 1. The summed E-state index contributed by atoms with van der Waals surface area (Å²) in [5, 5.41) is 20.4. The Labute approximate surface area is 129 Å². The van der Waals surface area contributed by atoms with Crippen LogP contribution in [0.1, 0.15) is 65.7 Å². The van der Waals surface area contributed by atoms with E-state index < -0.39 is 5.60 Å². The molecule has 120 valence electrons. The fraction of sp³-hybridized carbons (Fsp3) is 0.895. The standard InChI is InChI=1S/C19H32O2/c1-13(11-14-8-10-18(2,21)12-14)15-6-7-16-17(20)5-4-9-19(15,16)3/h8,10,13-17,20-21H,4-7,9,11-12H2,1-3H3/t13-,14-,15-,16?,17?,18+,19+/m1/s1. The third-order valence-electron chi connectivity index (χ3n) is 6.93. The van der Waals surface area contributed by atoms with Gasteiger partial charge >= 0.3 is 0 Å². The van der Waals surface area contributed by atoms with Crippen LogP contribution in [0.4, 0.5) is 0 Å². The molecule has 0 aromatic heterocycles. The van der Waals surface area contributed by atoms with Gasteiger partial charge in [0.1, 0.15) is 0 Å². The number of hydrogen-bond acceptors (Lipinski definition) is 2. The Bertz CT molecular complexity index is 414. The molecule has 0 aliphatic heterocycles. The molecule has 2 nitrogen and oxygen atoms in total. The fourth-order valence-corrected chi connectivity index (χ4v) is 5.94. The molecule has 0 amide bonds. The van der Waals surface area contributed by atoms with Gasteiger partial charge in [-0.1, -0.05) is 32.4 Å². The SMILES string of the molecule is C[C@H](C[C@H]1C=C[C@](C)(O)C1)[C@H]1CCC2C(O)CCC[C@]21C. The smallest absolute Gasteiger partial charge is 0.0805 e. The Morgan fingerprint density at radius 3 is 2.67 bits per heavy atom. The van der Waals surface area contributed by atoms with Crippen LogP contribution in [0.2, 0.25) is 0 Å². The minimum absolute atomic E-state index is 0.0620. The molecule has 0 aromatic rings. The highest BCUT2D eigenvalue weighted by molar-refractivity contribution is 5.11. The average molecular weight is 292 g/mol. The molecule has 21 heavy (non-hydrogen) atoms. The van der Waals surface area contributed by atoms with Crippen LogP contribution in [-0.2, 0) is 0 Å². The lowest BCUT2D eigenvalue weighted by atomic mass is 9.61. The van der Waals surface area contributed by atoms with E-state index in [0.29, 0.717) is 23.2 Å². The molecule has 2 fully saturated rings. The van der Waals surface area contributed by atoms with Gasteiger partial charge in [0.05, 0.1) is 11.7 Å². The lowest BCUT2D eigenvalue weighted by Crippen LogP contribution is -2.41. The Hall–Kier alpha value is -0.340. The Morgan fingerprint density at radius 1 is 1.24 bits per heavy atom. The van der Waals surface area contributed by atoms with Crippen molar-refractivity contribution in [2.45, 2.75) is 77.4 Å². The summed E-state index contributed by atoms with van der Waals surface area (Å²) < 4.78 is 0. The Balaban J connectivity index is 1.65. The normalized spacial score (nSPS) is 51.1. The minimum atomic E-state index is -0.590. The van der Waals surface area contributed by atoms with E-state index in [4.69, 9.17) is 0 Å². The molecule has 2 saturated carbocycles. The largest absolute Gasteiger partial charge is 0.393 e. The second-order valence-electron chi connectivity index (χ2n) is 8.65. The van der Waals surface area contributed by atoms with E-state index >= 15 is 0 Å². The molecule has 3 rings (SSSR count). The van der Waals surface area contributed by atoms with E-state index in [0.717, 1.165) is 18.8 Å². The summed E-state index contributed by atoms with van der Waals surface area (Å²) in [6.07, 6.45) is 12.2. The van der Waals surface area contributed by atoms with Crippen LogP contribution in [-0.4, -0.2) is 21.9 Å². The molecule has 3 aliphatic rings. The number of rotatable bonds is 3. The predicted molar refractivity (Wildman–Crippen MR) is 85.8 cm³/mol. The van der Waals surface area contributed by atoms with E-state index in [9.17, 15) is 10.2 Å². The molecule has 2 N–H and O–H groups in total. The van der Waals surface area contributed by atoms with Crippen molar-refractivity contribution in [2.24, 2.45) is 29.1 Å². The number of aliphatic hydroxyl groups excluding tert-OH is 1. The van der Waals surface area contributed by atoms with E-state index in [2.05, 4.69) is 19.9 Å². The summed E-state index contributed by atoms with van der Waals surface area (Å²) in [6, 6.07) is 0. The van der Waals surface area contributed by atoms with Crippen molar-refractivity contribution < 1.29 is 10.2 Å². The summed E-state index contributed by atoms with van der Waals surface area (Å²) in [5.41, 5.74) is -0.241. The highest BCUT2D eigenvalue weighted by Crippen LogP contribution is 2.58. The van der Waals surface area contributed by atoms with Crippen molar-refractivity contribution in [3.63, 3.8) is 0 Å². The molecule has 7 atom stereocenters. The van der Waals surface area contributed by atoms with Crippen LogP contribution in [0.25, 0.3) is 0 Å². The van der Waals surface area contributed by atoms with Crippen molar-refractivity contribution in [2.75, 3.05) is 0 Å². The van der Waals surface area contributed by atoms with Crippen LogP contribution in [0, 0.1) is 29.1 Å². The molecule has 2 heteroatoms. The first-order valence-corrected chi connectivity index (χ1v) is 8.92. The number of hydrogen-bond donors (Lipinski definition) is 2. The highest BCUT2D eigenvalue weighted by Gasteiger charge is 2.52. The van der Waals surface area contributed by atoms with E-state index in [-0.39, 0.29) is 6.10 Å². The summed E-state index contributed by atoms with van der Waals surface area (Å²) in [4.78, 5) is 0. The van der Waals surface area contributed by atoms with Crippen LogP contribution in [0.3, 0.4) is 0 Å². The van der Waals surface area contributed by atoms with Gasteiger partial charge in [0.2, 0.25) is 0 Å². The zero-order valence-electron chi connectivity index (χ0n) is 13.9. The number of fused-ring (bicyclic) bond motifs is 1. The first-order valence-electron chi connectivity index (χ1n) is 8.92. The van der Waals surface area contributed by atoms with Gasteiger partial charge in [0.25, 0.3) is 0 Å².